The molecule has 0 fully saturated rings. The minimum absolute atomic E-state index is 0.0611. The number of carbonyl (C=O) groups is 2. The maximum atomic E-state index is 13.8. The van der Waals surface area contributed by atoms with Gasteiger partial charge in [-0.1, -0.05) is 61.3 Å². The zero-order chi connectivity index (χ0) is 27.0. The Balaban J connectivity index is 2.54. The lowest BCUT2D eigenvalue weighted by atomic mass is 10.1. The number of benzene rings is 2. The molecule has 8 nitrogen and oxygen atoms in total. The number of anilines is 1. The topological polar surface area (TPSA) is 90.0 Å². The van der Waals surface area contributed by atoms with Crippen LogP contribution in [0.4, 0.5) is 5.69 Å². The van der Waals surface area contributed by atoms with Gasteiger partial charge < -0.3 is 10.2 Å². The maximum absolute atomic E-state index is 13.8. The Morgan fingerprint density at radius 1 is 0.944 bits per heavy atom. The Kier molecular flexibility index (Phi) is 11.0. The molecule has 2 atom stereocenters. The van der Waals surface area contributed by atoms with Crippen molar-refractivity contribution in [1.29, 1.82) is 0 Å². The van der Waals surface area contributed by atoms with E-state index in [0.717, 1.165) is 15.0 Å². The summed E-state index contributed by atoms with van der Waals surface area (Å²) < 4.78 is 28.4. The standard InChI is InChI=1S/C25H34Cl2N4O4S/c1-6-18(3)28-25(33)23(7-2)30(16-20-21(26)14-11-15-22(20)27)24(32)17-31(36(34,35)29(4)5)19-12-9-8-10-13-19/h8-15,18,23H,6-7,16-17H2,1-5H3,(H,28,33). The van der Waals surface area contributed by atoms with Crippen molar-refractivity contribution in [3.63, 3.8) is 0 Å². The van der Waals surface area contributed by atoms with Crippen LogP contribution in [0.5, 0.6) is 0 Å². The molecular weight excluding hydrogens is 523 g/mol. The molecule has 2 unspecified atom stereocenters. The van der Waals surface area contributed by atoms with Crippen LogP contribution in [0.25, 0.3) is 0 Å². The summed E-state index contributed by atoms with van der Waals surface area (Å²) in [6.45, 7) is 5.04. The van der Waals surface area contributed by atoms with Crippen LogP contribution in [0.15, 0.2) is 48.5 Å². The molecule has 36 heavy (non-hydrogen) atoms. The van der Waals surface area contributed by atoms with Gasteiger partial charge in [-0.05, 0) is 44.0 Å². The molecule has 0 radical (unpaired) electrons. The van der Waals surface area contributed by atoms with Crippen LogP contribution in [0.2, 0.25) is 10.0 Å². The molecule has 2 aromatic carbocycles. The van der Waals surface area contributed by atoms with Crippen molar-refractivity contribution in [2.75, 3.05) is 24.9 Å². The molecular formula is C25H34Cl2N4O4S. The predicted octanol–water partition coefficient (Wildman–Crippen LogP) is 4.33. The number of halogens is 2. The van der Waals surface area contributed by atoms with E-state index in [1.54, 1.807) is 55.5 Å². The van der Waals surface area contributed by atoms with Crippen molar-refractivity contribution < 1.29 is 18.0 Å². The largest absolute Gasteiger partial charge is 0.352 e. The smallest absolute Gasteiger partial charge is 0.304 e. The summed E-state index contributed by atoms with van der Waals surface area (Å²) in [4.78, 5) is 28.4. The van der Waals surface area contributed by atoms with Gasteiger partial charge in [0.05, 0.1) is 5.69 Å². The van der Waals surface area contributed by atoms with E-state index in [2.05, 4.69) is 5.32 Å². The molecule has 0 saturated heterocycles. The van der Waals surface area contributed by atoms with E-state index in [1.807, 2.05) is 13.8 Å². The lowest BCUT2D eigenvalue weighted by molar-refractivity contribution is -0.140. The van der Waals surface area contributed by atoms with E-state index in [0.29, 0.717) is 27.7 Å². The average Bonchev–Trinajstić information content (AvgIpc) is 2.84. The summed E-state index contributed by atoms with van der Waals surface area (Å²) in [5.74, 6) is -0.892. The van der Waals surface area contributed by atoms with E-state index in [-0.39, 0.29) is 18.5 Å². The minimum Gasteiger partial charge on any atom is -0.352 e. The molecule has 0 saturated carbocycles. The highest BCUT2D eigenvalue weighted by molar-refractivity contribution is 7.90. The Morgan fingerprint density at radius 3 is 2.03 bits per heavy atom. The van der Waals surface area contributed by atoms with Gasteiger partial charge in [-0.3, -0.25) is 9.59 Å². The summed E-state index contributed by atoms with van der Waals surface area (Å²) in [7, 11) is -1.23. The highest BCUT2D eigenvalue weighted by Crippen LogP contribution is 2.28. The Morgan fingerprint density at radius 2 is 1.53 bits per heavy atom. The molecule has 2 aromatic rings. The second-order valence-corrected chi connectivity index (χ2v) is 11.5. The van der Waals surface area contributed by atoms with Gasteiger partial charge in [0.2, 0.25) is 11.8 Å². The van der Waals surface area contributed by atoms with Crippen LogP contribution in [0, 0.1) is 0 Å². The van der Waals surface area contributed by atoms with Gasteiger partial charge in [0.15, 0.2) is 0 Å². The number of carbonyl (C=O) groups excluding carboxylic acids is 2. The van der Waals surface area contributed by atoms with Crippen LogP contribution in [0.1, 0.15) is 39.2 Å². The number of hydrogen-bond acceptors (Lipinski definition) is 4. The Labute approximate surface area is 224 Å². The minimum atomic E-state index is -4.02. The fourth-order valence-corrected chi connectivity index (χ4v) is 5.10. The van der Waals surface area contributed by atoms with Crippen molar-refractivity contribution in [1.82, 2.24) is 14.5 Å². The number of para-hydroxylation sites is 1. The maximum Gasteiger partial charge on any atom is 0.304 e. The molecule has 0 bridgehead atoms. The monoisotopic (exact) mass is 556 g/mol. The molecule has 2 amide bonds. The van der Waals surface area contributed by atoms with E-state index in [1.165, 1.54) is 19.0 Å². The Hall–Kier alpha value is -2.33. The predicted molar refractivity (Wildman–Crippen MR) is 145 cm³/mol. The quantitative estimate of drug-likeness (QED) is 0.421. The molecule has 2 rings (SSSR count). The van der Waals surface area contributed by atoms with Crippen LogP contribution >= 0.6 is 23.2 Å². The normalized spacial score (nSPS) is 13.2. The van der Waals surface area contributed by atoms with Gasteiger partial charge >= 0.3 is 10.2 Å². The molecule has 1 N–H and O–H groups in total. The molecule has 0 aliphatic rings. The summed E-state index contributed by atoms with van der Waals surface area (Å²) in [6.07, 6.45) is 1.02. The first-order valence-corrected chi connectivity index (χ1v) is 13.9. The van der Waals surface area contributed by atoms with Gasteiger partial charge in [0.1, 0.15) is 12.6 Å². The summed E-state index contributed by atoms with van der Waals surface area (Å²) in [5.41, 5.74) is 0.804. The average molecular weight is 558 g/mol. The molecule has 0 spiro atoms. The molecule has 0 aliphatic carbocycles. The third kappa shape index (κ3) is 7.35. The highest BCUT2D eigenvalue weighted by Gasteiger charge is 2.34. The van der Waals surface area contributed by atoms with Crippen molar-refractivity contribution in [2.45, 2.75) is 52.2 Å². The fraction of sp³-hybridized carbons (Fsp3) is 0.440. The lowest BCUT2D eigenvalue weighted by Crippen LogP contribution is -2.54. The molecule has 0 aromatic heterocycles. The van der Waals surface area contributed by atoms with E-state index in [9.17, 15) is 18.0 Å². The third-order valence-electron chi connectivity index (χ3n) is 5.84. The van der Waals surface area contributed by atoms with Gasteiger partial charge in [-0.25, -0.2) is 4.31 Å². The van der Waals surface area contributed by atoms with Gasteiger partial charge in [-0.15, -0.1) is 0 Å². The first-order valence-electron chi connectivity index (χ1n) is 11.7. The van der Waals surface area contributed by atoms with Crippen LogP contribution < -0.4 is 9.62 Å². The highest BCUT2D eigenvalue weighted by atomic mass is 35.5. The zero-order valence-electron chi connectivity index (χ0n) is 21.2. The zero-order valence-corrected chi connectivity index (χ0v) is 23.6. The second kappa shape index (κ2) is 13.3. The van der Waals surface area contributed by atoms with Crippen molar-refractivity contribution >= 4 is 50.9 Å². The summed E-state index contributed by atoms with van der Waals surface area (Å²) in [5, 5.41) is 3.62. The molecule has 0 heterocycles. The fourth-order valence-electron chi connectivity index (χ4n) is 3.53. The third-order valence-corrected chi connectivity index (χ3v) is 8.37. The van der Waals surface area contributed by atoms with E-state index >= 15 is 0 Å². The van der Waals surface area contributed by atoms with Crippen molar-refractivity contribution in [3.05, 3.63) is 64.1 Å². The lowest BCUT2D eigenvalue weighted by Gasteiger charge is -2.34. The van der Waals surface area contributed by atoms with Crippen LogP contribution in [-0.2, 0) is 26.3 Å². The van der Waals surface area contributed by atoms with Crippen molar-refractivity contribution in [3.8, 4) is 0 Å². The van der Waals surface area contributed by atoms with Gasteiger partial charge in [-0.2, -0.15) is 12.7 Å². The number of nitrogens with one attached hydrogen (secondary N) is 1. The number of amides is 2. The number of nitrogens with zero attached hydrogens (tertiary/aromatic N) is 3. The number of rotatable bonds is 12. The van der Waals surface area contributed by atoms with Gasteiger partial charge in [0.25, 0.3) is 0 Å². The van der Waals surface area contributed by atoms with Crippen molar-refractivity contribution in [2.24, 2.45) is 0 Å². The number of hydrogen-bond donors (Lipinski definition) is 1. The van der Waals surface area contributed by atoms with Gasteiger partial charge in [0, 0.05) is 42.3 Å². The SMILES string of the molecule is CCC(C)NC(=O)C(CC)N(Cc1c(Cl)cccc1Cl)C(=O)CN(c1ccccc1)S(=O)(=O)N(C)C. The summed E-state index contributed by atoms with van der Waals surface area (Å²) in [6, 6.07) is 12.4. The molecule has 11 heteroatoms. The first kappa shape index (κ1) is 29.9. The first-order chi connectivity index (χ1) is 16.9. The molecule has 0 aliphatic heterocycles. The second-order valence-electron chi connectivity index (χ2n) is 8.60. The summed E-state index contributed by atoms with van der Waals surface area (Å²) >= 11 is 12.8. The van der Waals surface area contributed by atoms with Crippen LogP contribution in [0.3, 0.4) is 0 Å². The molecule has 198 valence electrons. The van der Waals surface area contributed by atoms with Crippen LogP contribution in [-0.4, -0.2) is 62.2 Å². The van der Waals surface area contributed by atoms with E-state index in [4.69, 9.17) is 23.2 Å². The van der Waals surface area contributed by atoms with E-state index < -0.39 is 28.7 Å². The Bertz CT molecular complexity index is 1130.